The highest BCUT2D eigenvalue weighted by atomic mass is 35.5. The van der Waals surface area contributed by atoms with Gasteiger partial charge in [0.1, 0.15) is 18.1 Å². The van der Waals surface area contributed by atoms with Crippen LogP contribution in [-0.4, -0.2) is 12.0 Å². The average molecular weight is 328 g/mol. The number of benzene rings is 2. The van der Waals surface area contributed by atoms with Crippen molar-refractivity contribution >= 4 is 28.9 Å². The Morgan fingerprint density at radius 1 is 1.14 bits per heavy atom. The van der Waals surface area contributed by atoms with Crippen LogP contribution < -0.4 is 9.47 Å². The third kappa shape index (κ3) is 4.00. The first-order valence-corrected chi connectivity index (χ1v) is 6.65. The minimum atomic E-state index is -0.473. The third-order valence-corrected chi connectivity index (χ3v) is 3.14. The summed E-state index contributed by atoms with van der Waals surface area (Å²) in [7, 11) is 1.49. The second kappa shape index (κ2) is 6.65. The van der Waals surface area contributed by atoms with Crippen LogP contribution in [0.15, 0.2) is 36.4 Å². The van der Waals surface area contributed by atoms with Crippen LogP contribution in [0.2, 0.25) is 10.0 Å². The Balaban J connectivity index is 2.21. The van der Waals surface area contributed by atoms with E-state index in [-0.39, 0.29) is 12.3 Å². The molecule has 0 aliphatic rings. The average Bonchev–Trinajstić information content (AvgIpc) is 2.43. The first kappa shape index (κ1) is 15.4. The van der Waals surface area contributed by atoms with E-state index in [9.17, 15) is 10.1 Å². The lowest BCUT2D eigenvalue weighted by Crippen LogP contribution is -2.00. The highest BCUT2D eigenvalue weighted by molar-refractivity contribution is 6.34. The summed E-state index contributed by atoms with van der Waals surface area (Å²) in [5.74, 6) is 0.981. The summed E-state index contributed by atoms with van der Waals surface area (Å²) in [5.41, 5.74) is 0.529. The number of nitrogens with zero attached hydrogens (tertiary/aromatic N) is 1. The molecule has 0 spiro atoms. The fourth-order valence-corrected chi connectivity index (χ4v) is 2.27. The van der Waals surface area contributed by atoms with Crippen molar-refractivity contribution in [2.75, 3.05) is 7.11 Å². The van der Waals surface area contributed by atoms with Crippen LogP contribution in [-0.2, 0) is 6.61 Å². The molecule has 2 rings (SSSR count). The molecule has 2 aromatic carbocycles. The van der Waals surface area contributed by atoms with Gasteiger partial charge < -0.3 is 9.47 Å². The maximum Gasteiger partial charge on any atom is 0.270 e. The van der Waals surface area contributed by atoms with Crippen molar-refractivity contribution in [2.45, 2.75) is 6.61 Å². The van der Waals surface area contributed by atoms with E-state index in [0.717, 1.165) is 0 Å². The number of non-ortho nitro benzene ring substituents is 1. The van der Waals surface area contributed by atoms with Crippen molar-refractivity contribution in [3.05, 3.63) is 62.1 Å². The molecular weight excluding hydrogens is 317 g/mol. The van der Waals surface area contributed by atoms with Crippen LogP contribution >= 0.6 is 23.2 Å². The summed E-state index contributed by atoms with van der Waals surface area (Å²) in [5, 5.41) is 11.7. The molecule has 0 heterocycles. The molecule has 7 heteroatoms. The van der Waals surface area contributed by atoms with E-state index in [4.69, 9.17) is 32.7 Å². The van der Waals surface area contributed by atoms with Gasteiger partial charge in [-0.05, 0) is 24.3 Å². The first-order valence-electron chi connectivity index (χ1n) is 5.90. The highest BCUT2D eigenvalue weighted by Gasteiger charge is 2.12. The Bertz CT molecular complexity index is 656. The van der Waals surface area contributed by atoms with Crippen molar-refractivity contribution in [3.8, 4) is 11.5 Å². The fraction of sp³-hybridized carbons (Fsp3) is 0.143. The largest absolute Gasteiger partial charge is 0.496 e. The molecule has 0 fully saturated rings. The van der Waals surface area contributed by atoms with E-state index in [1.165, 1.54) is 25.3 Å². The van der Waals surface area contributed by atoms with E-state index >= 15 is 0 Å². The van der Waals surface area contributed by atoms with Crippen molar-refractivity contribution in [1.82, 2.24) is 0 Å². The van der Waals surface area contributed by atoms with E-state index in [2.05, 4.69) is 0 Å². The van der Waals surface area contributed by atoms with E-state index in [1.807, 2.05) is 0 Å². The van der Waals surface area contributed by atoms with Crippen LogP contribution in [0, 0.1) is 10.1 Å². The Kier molecular flexibility index (Phi) is 4.88. The van der Waals surface area contributed by atoms with E-state index < -0.39 is 4.92 Å². The monoisotopic (exact) mass is 327 g/mol. The molecule has 0 saturated heterocycles. The quantitative estimate of drug-likeness (QED) is 0.599. The van der Waals surface area contributed by atoms with Crippen molar-refractivity contribution in [2.24, 2.45) is 0 Å². The minimum Gasteiger partial charge on any atom is -0.496 e. The van der Waals surface area contributed by atoms with Gasteiger partial charge in [-0.15, -0.1) is 0 Å². The number of halogens is 2. The fourth-order valence-electron chi connectivity index (χ4n) is 1.76. The smallest absolute Gasteiger partial charge is 0.270 e. The number of nitro groups is 1. The molecule has 5 nitrogen and oxygen atoms in total. The number of nitro benzene ring substituents is 1. The zero-order valence-corrected chi connectivity index (χ0v) is 12.5. The molecule has 0 bridgehead atoms. The maximum absolute atomic E-state index is 10.8. The summed E-state index contributed by atoms with van der Waals surface area (Å²) < 4.78 is 10.7. The molecule has 0 unspecified atom stereocenters. The SMILES string of the molecule is COc1ccc([N+](=O)[O-])cc1COc1cc(Cl)cc(Cl)c1. The van der Waals surface area contributed by atoms with Gasteiger partial charge in [-0.1, -0.05) is 23.2 Å². The van der Waals surface area contributed by atoms with Gasteiger partial charge in [0.05, 0.1) is 12.0 Å². The molecule has 0 atom stereocenters. The molecule has 21 heavy (non-hydrogen) atoms. The zero-order valence-electron chi connectivity index (χ0n) is 11.0. The summed E-state index contributed by atoms with van der Waals surface area (Å²) in [6, 6.07) is 9.11. The van der Waals surface area contributed by atoms with Crippen LogP contribution in [0.25, 0.3) is 0 Å². The number of hydrogen-bond acceptors (Lipinski definition) is 4. The third-order valence-electron chi connectivity index (χ3n) is 2.71. The lowest BCUT2D eigenvalue weighted by Gasteiger charge is -2.10. The van der Waals surface area contributed by atoms with Crippen LogP contribution in [0.1, 0.15) is 5.56 Å². The van der Waals surface area contributed by atoms with Gasteiger partial charge in [-0.2, -0.15) is 0 Å². The van der Waals surface area contributed by atoms with Gasteiger partial charge in [-0.3, -0.25) is 10.1 Å². The van der Waals surface area contributed by atoms with Crippen LogP contribution in [0.5, 0.6) is 11.5 Å². The maximum atomic E-state index is 10.8. The standard InChI is InChI=1S/C14H11Cl2NO4/c1-20-14-3-2-12(17(18)19)4-9(14)8-21-13-6-10(15)5-11(16)7-13/h2-7H,8H2,1H3. The van der Waals surface area contributed by atoms with Gasteiger partial charge in [0, 0.05) is 27.7 Å². The number of hydrogen-bond donors (Lipinski definition) is 0. The second-order valence-electron chi connectivity index (χ2n) is 4.15. The van der Waals surface area contributed by atoms with Gasteiger partial charge >= 0.3 is 0 Å². The number of rotatable bonds is 5. The minimum absolute atomic E-state index is 0.0291. The van der Waals surface area contributed by atoms with Crippen molar-refractivity contribution in [3.63, 3.8) is 0 Å². The van der Waals surface area contributed by atoms with Crippen molar-refractivity contribution in [1.29, 1.82) is 0 Å². The van der Waals surface area contributed by atoms with Gasteiger partial charge in [0.15, 0.2) is 0 Å². The van der Waals surface area contributed by atoms with Gasteiger partial charge in [-0.25, -0.2) is 0 Å². The Labute approximate surface area is 131 Å². The predicted molar refractivity (Wildman–Crippen MR) is 80.4 cm³/mol. The van der Waals surface area contributed by atoms with E-state index in [0.29, 0.717) is 27.1 Å². The molecule has 2 aromatic rings. The molecule has 0 aliphatic carbocycles. The molecule has 0 radical (unpaired) electrons. The summed E-state index contributed by atoms with van der Waals surface area (Å²) in [6.45, 7) is 0.0987. The number of methoxy groups -OCH3 is 1. The Morgan fingerprint density at radius 2 is 1.81 bits per heavy atom. The van der Waals surface area contributed by atoms with Crippen molar-refractivity contribution < 1.29 is 14.4 Å². The predicted octanol–water partition coefficient (Wildman–Crippen LogP) is 4.49. The van der Waals surface area contributed by atoms with Crippen LogP contribution in [0.3, 0.4) is 0 Å². The Hall–Kier alpha value is -1.98. The topological polar surface area (TPSA) is 61.6 Å². The molecule has 0 aromatic heterocycles. The Morgan fingerprint density at radius 3 is 2.38 bits per heavy atom. The molecular formula is C14H11Cl2NO4. The molecule has 0 N–H and O–H groups in total. The van der Waals surface area contributed by atoms with E-state index in [1.54, 1.807) is 18.2 Å². The number of ether oxygens (including phenoxy) is 2. The summed E-state index contributed by atoms with van der Waals surface area (Å²) >= 11 is 11.8. The van der Waals surface area contributed by atoms with Gasteiger partial charge in [0.25, 0.3) is 5.69 Å². The lowest BCUT2D eigenvalue weighted by molar-refractivity contribution is -0.385. The van der Waals surface area contributed by atoms with Gasteiger partial charge in [0.2, 0.25) is 0 Å². The highest BCUT2D eigenvalue weighted by Crippen LogP contribution is 2.28. The first-order chi connectivity index (χ1) is 9.99. The second-order valence-corrected chi connectivity index (χ2v) is 5.02. The summed E-state index contributed by atoms with van der Waals surface area (Å²) in [6.07, 6.45) is 0. The molecule has 0 amide bonds. The van der Waals surface area contributed by atoms with Crippen LogP contribution in [0.4, 0.5) is 5.69 Å². The lowest BCUT2D eigenvalue weighted by atomic mass is 10.2. The molecule has 110 valence electrons. The molecule has 0 aliphatic heterocycles. The summed E-state index contributed by atoms with van der Waals surface area (Å²) in [4.78, 5) is 10.3. The zero-order chi connectivity index (χ0) is 15.4. The normalized spacial score (nSPS) is 10.2. The molecule has 0 saturated carbocycles.